The van der Waals surface area contributed by atoms with E-state index >= 15 is 0 Å². The van der Waals surface area contributed by atoms with Crippen LogP contribution in [0.5, 0.6) is 0 Å². The normalized spacial score (nSPS) is 23.0. The van der Waals surface area contributed by atoms with Gasteiger partial charge in [-0.3, -0.25) is 9.88 Å². The van der Waals surface area contributed by atoms with Crippen molar-refractivity contribution in [2.24, 2.45) is 0 Å². The van der Waals surface area contributed by atoms with Crippen molar-refractivity contribution in [3.8, 4) is 0 Å². The van der Waals surface area contributed by atoms with Crippen LogP contribution in [0.4, 0.5) is 0 Å². The number of nitrogens with zero attached hydrogens (tertiary/aromatic N) is 4. The molecule has 0 spiro atoms. The lowest BCUT2D eigenvalue weighted by molar-refractivity contribution is 0.0365. The minimum Gasteiger partial charge on any atom is -0.379 e. The fourth-order valence-electron chi connectivity index (χ4n) is 4.39. The first kappa shape index (κ1) is 20.3. The van der Waals surface area contributed by atoms with Crippen molar-refractivity contribution >= 4 is 17.3 Å². The van der Waals surface area contributed by atoms with E-state index < -0.39 is 0 Å². The minimum absolute atomic E-state index is 0.0551. The van der Waals surface area contributed by atoms with Crippen LogP contribution < -0.4 is 5.32 Å². The molecule has 2 aliphatic heterocycles. The third-order valence-electron chi connectivity index (χ3n) is 5.85. The van der Waals surface area contributed by atoms with Gasteiger partial charge in [-0.2, -0.15) is 0 Å². The topological polar surface area (TPSA) is 45.6 Å². The van der Waals surface area contributed by atoms with Crippen molar-refractivity contribution in [2.45, 2.75) is 38.4 Å². The quantitative estimate of drug-likeness (QED) is 0.704. The molecular formula is C22H31N5OS. The van der Waals surface area contributed by atoms with E-state index in [0.717, 1.165) is 56.6 Å². The SMILES string of the molecule is CC(C)n1cccc1[C@H]1[C@@H](c2ccccn2)NC(=S)N1CCCN1CCOCC1. The molecule has 4 heterocycles. The van der Waals surface area contributed by atoms with E-state index in [4.69, 9.17) is 17.0 Å². The molecule has 29 heavy (non-hydrogen) atoms. The minimum atomic E-state index is 0.0551. The molecule has 6 nitrogen and oxygen atoms in total. The summed E-state index contributed by atoms with van der Waals surface area (Å²) in [5.74, 6) is 0. The van der Waals surface area contributed by atoms with Gasteiger partial charge in [-0.05, 0) is 56.8 Å². The Labute approximate surface area is 178 Å². The van der Waals surface area contributed by atoms with E-state index in [2.05, 4.69) is 62.9 Å². The maximum Gasteiger partial charge on any atom is 0.170 e. The van der Waals surface area contributed by atoms with E-state index in [1.54, 1.807) is 0 Å². The molecule has 0 aromatic carbocycles. The Morgan fingerprint density at radius 1 is 1.17 bits per heavy atom. The summed E-state index contributed by atoms with van der Waals surface area (Å²) in [4.78, 5) is 9.49. The third-order valence-corrected chi connectivity index (χ3v) is 6.20. The molecule has 156 valence electrons. The number of hydrogen-bond donors (Lipinski definition) is 1. The molecule has 2 aromatic heterocycles. The fraction of sp³-hybridized carbons (Fsp3) is 0.545. The first-order chi connectivity index (χ1) is 14.1. The lowest BCUT2D eigenvalue weighted by atomic mass is 10.0. The average molecular weight is 414 g/mol. The van der Waals surface area contributed by atoms with Crippen LogP contribution >= 0.6 is 12.2 Å². The van der Waals surface area contributed by atoms with Crippen LogP contribution in [-0.2, 0) is 4.74 Å². The molecule has 0 amide bonds. The van der Waals surface area contributed by atoms with Crippen LogP contribution in [0.1, 0.15) is 49.8 Å². The average Bonchev–Trinajstić information content (AvgIpc) is 3.34. The molecule has 2 aromatic rings. The van der Waals surface area contributed by atoms with Crippen molar-refractivity contribution in [3.63, 3.8) is 0 Å². The maximum absolute atomic E-state index is 5.79. The third kappa shape index (κ3) is 4.47. The summed E-state index contributed by atoms with van der Waals surface area (Å²) in [7, 11) is 0. The highest BCUT2D eigenvalue weighted by atomic mass is 32.1. The van der Waals surface area contributed by atoms with E-state index in [9.17, 15) is 0 Å². The largest absolute Gasteiger partial charge is 0.379 e. The van der Waals surface area contributed by atoms with Gasteiger partial charge in [0.15, 0.2) is 5.11 Å². The summed E-state index contributed by atoms with van der Waals surface area (Å²) in [6, 6.07) is 11.1. The Morgan fingerprint density at radius 3 is 2.72 bits per heavy atom. The molecule has 7 heteroatoms. The Hall–Kier alpha value is -1.96. The van der Waals surface area contributed by atoms with Gasteiger partial charge in [0.05, 0.1) is 31.0 Å². The Kier molecular flexibility index (Phi) is 6.47. The van der Waals surface area contributed by atoms with E-state index in [0.29, 0.717) is 6.04 Å². The Bertz CT molecular complexity index is 803. The van der Waals surface area contributed by atoms with Crippen molar-refractivity contribution in [3.05, 3.63) is 54.1 Å². The van der Waals surface area contributed by atoms with Gasteiger partial charge < -0.3 is 19.5 Å². The summed E-state index contributed by atoms with van der Waals surface area (Å²) >= 11 is 5.79. The predicted molar refractivity (Wildman–Crippen MR) is 119 cm³/mol. The van der Waals surface area contributed by atoms with Crippen LogP contribution in [-0.4, -0.2) is 63.9 Å². The monoisotopic (exact) mass is 413 g/mol. The molecular weight excluding hydrogens is 382 g/mol. The summed E-state index contributed by atoms with van der Waals surface area (Å²) < 4.78 is 7.82. The molecule has 1 N–H and O–H groups in total. The summed E-state index contributed by atoms with van der Waals surface area (Å²) in [6.45, 7) is 10.2. The van der Waals surface area contributed by atoms with Crippen molar-refractivity contribution in [1.82, 2.24) is 24.7 Å². The number of pyridine rings is 1. The summed E-state index contributed by atoms with van der Waals surface area (Å²) in [5, 5.41) is 4.38. The van der Waals surface area contributed by atoms with Gasteiger partial charge in [0.25, 0.3) is 0 Å². The number of morpholine rings is 1. The molecule has 2 fully saturated rings. The highest BCUT2D eigenvalue weighted by Crippen LogP contribution is 2.39. The highest BCUT2D eigenvalue weighted by Gasteiger charge is 2.41. The summed E-state index contributed by atoms with van der Waals surface area (Å²) in [6.07, 6.45) is 5.11. The van der Waals surface area contributed by atoms with Crippen molar-refractivity contribution in [1.29, 1.82) is 0 Å². The van der Waals surface area contributed by atoms with Gasteiger partial charge in [-0.1, -0.05) is 6.07 Å². The Balaban J connectivity index is 1.56. The molecule has 2 atom stereocenters. The number of nitrogens with one attached hydrogen (secondary N) is 1. The van der Waals surface area contributed by atoms with Gasteiger partial charge in [-0.15, -0.1) is 0 Å². The van der Waals surface area contributed by atoms with E-state index in [1.165, 1.54) is 5.69 Å². The standard InChI is InChI=1S/C22H31N5OS/c1-17(2)26-11-5-8-19(26)21-20(18-7-3-4-9-23-18)24-22(29)27(21)12-6-10-25-13-15-28-16-14-25/h3-5,7-9,11,17,20-21H,6,10,12-16H2,1-2H3,(H,24,29)/t20-,21+/m1/s1. The Morgan fingerprint density at radius 2 is 2.00 bits per heavy atom. The highest BCUT2D eigenvalue weighted by molar-refractivity contribution is 7.80. The van der Waals surface area contributed by atoms with Gasteiger partial charge in [-0.25, -0.2) is 0 Å². The second kappa shape index (κ2) is 9.24. The zero-order valence-electron chi connectivity index (χ0n) is 17.3. The van der Waals surface area contributed by atoms with Gasteiger partial charge in [0.2, 0.25) is 0 Å². The van der Waals surface area contributed by atoms with Crippen LogP contribution in [0, 0.1) is 0 Å². The van der Waals surface area contributed by atoms with Crippen molar-refractivity contribution in [2.75, 3.05) is 39.4 Å². The predicted octanol–water partition coefficient (Wildman–Crippen LogP) is 3.16. The second-order valence-electron chi connectivity index (χ2n) is 8.06. The van der Waals surface area contributed by atoms with Crippen LogP contribution in [0.2, 0.25) is 0 Å². The lowest BCUT2D eigenvalue weighted by Gasteiger charge is -2.31. The number of aromatic nitrogens is 2. The van der Waals surface area contributed by atoms with Gasteiger partial charge >= 0.3 is 0 Å². The first-order valence-corrected chi connectivity index (χ1v) is 11.0. The summed E-state index contributed by atoms with van der Waals surface area (Å²) in [5.41, 5.74) is 2.32. The number of thiocarbonyl (C=S) groups is 1. The zero-order chi connectivity index (χ0) is 20.2. The number of ether oxygens (including phenoxy) is 1. The lowest BCUT2D eigenvalue weighted by Crippen LogP contribution is -2.39. The van der Waals surface area contributed by atoms with Crippen LogP contribution in [0.3, 0.4) is 0 Å². The van der Waals surface area contributed by atoms with Crippen LogP contribution in [0.15, 0.2) is 42.7 Å². The number of hydrogen-bond acceptors (Lipinski definition) is 4. The molecule has 0 radical (unpaired) electrons. The molecule has 0 aliphatic carbocycles. The van der Waals surface area contributed by atoms with E-state index in [1.807, 2.05) is 18.3 Å². The van der Waals surface area contributed by atoms with Crippen LogP contribution in [0.25, 0.3) is 0 Å². The fourth-order valence-corrected chi connectivity index (χ4v) is 4.72. The van der Waals surface area contributed by atoms with Crippen molar-refractivity contribution < 1.29 is 4.74 Å². The second-order valence-corrected chi connectivity index (χ2v) is 8.45. The molecule has 2 saturated heterocycles. The van der Waals surface area contributed by atoms with Gasteiger partial charge in [0.1, 0.15) is 0 Å². The number of rotatable bonds is 7. The maximum atomic E-state index is 5.79. The van der Waals surface area contributed by atoms with E-state index in [-0.39, 0.29) is 12.1 Å². The molecule has 2 aliphatic rings. The zero-order valence-corrected chi connectivity index (χ0v) is 18.1. The molecule has 0 unspecified atom stereocenters. The molecule has 0 saturated carbocycles. The molecule has 0 bridgehead atoms. The smallest absolute Gasteiger partial charge is 0.170 e. The first-order valence-electron chi connectivity index (χ1n) is 10.6. The molecule has 4 rings (SSSR count). The van der Waals surface area contributed by atoms with Gasteiger partial charge in [0, 0.05) is 50.3 Å².